The van der Waals surface area contributed by atoms with E-state index in [1.165, 1.54) is 24.4 Å². The Morgan fingerprint density at radius 1 is 1.44 bits per heavy atom. The fourth-order valence-corrected chi connectivity index (χ4v) is 3.07. The van der Waals surface area contributed by atoms with Crippen molar-refractivity contribution in [2.24, 2.45) is 0 Å². The summed E-state index contributed by atoms with van der Waals surface area (Å²) >= 11 is 1.43. The van der Waals surface area contributed by atoms with Crippen molar-refractivity contribution >= 4 is 16.5 Å². The number of aromatic nitrogens is 2. The molecule has 2 saturated heterocycles. The Bertz CT molecular complexity index is 357. The Labute approximate surface area is 99.0 Å². The predicted molar refractivity (Wildman–Crippen MR) is 62.6 cm³/mol. The zero-order chi connectivity index (χ0) is 11.0. The Kier molecular flexibility index (Phi) is 2.79. The summed E-state index contributed by atoms with van der Waals surface area (Å²) in [6, 6.07) is 0. The van der Waals surface area contributed by atoms with E-state index < -0.39 is 0 Å². The molecule has 2 aliphatic rings. The lowest BCUT2D eigenvalue weighted by Crippen LogP contribution is -2.42. The quantitative estimate of drug-likeness (QED) is 0.852. The summed E-state index contributed by atoms with van der Waals surface area (Å²) in [6.07, 6.45) is 3.33. The van der Waals surface area contributed by atoms with Crippen LogP contribution in [0.3, 0.4) is 0 Å². The smallest absolute Gasteiger partial charge is 0.134 e. The van der Waals surface area contributed by atoms with Crippen molar-refractivity contribution in [1.29, 1.82) is 0 Å². The zero-order valence-corrected chi connectivity index (χ0v) is 10.2. The molecule has 0 spiro atoms. The van der Waals surface area contributed by atoms with E-state index in [0.717, 1.165) is 30.3 Å². The van der Waals surface area contributed by atoms with Crippen LogP contribution in [0.4, 0.5) is 5.00 Å². The highest BCUT2D eigenvalue weighted by Crippen LogP contribution is 2.28. The van der Waals surface area contributed by atoms with Crippen LogP contribution in [-0.2, 0) is 11.3 Å². The van der Waals surface area contributed by atoms with Crippen molar-refractivity contribution < 1.29 is 4.74 Å². The number of hydrogen-bond acceptors (Lipinski definition) is 6. The molecule has 5 nitrogen and oxygen atoms in total. The number of fused-ring (bicyclic) bond motifs is 2. The second kappa shape index (κ2) is 4.27. The summed E-state index contributed by atoms with van der Waals surface area (Å²) in [7, 11) is 1.92. The maximum absolute atomic E-state index is 5.81. The molecular weight excluding hydrogens is 224 g/mol. The Morgan fingerprint density at radius 2 is 2.19 bits per heavy atom. The molecule has 88 valence electrons. The first-order valence-corrected chi connectivity index (χ1v) is 6.49. The normalized spacial score (nSPS) is 29.6. The first kappa shape index (κ1) is 10.4. The lowest BCUT2D eigenvalue weighted by Gasteiger charge is -2.31. The second-order valence-electron chi connectivity index (χ2n) is 4.45. The summed E-state index contributed by atoms with van der Waals surface area (Å²) in [6.45, 7) is 2.97. The molecule has 0 radical (unpaired) electrons. The van der Waals surface area contributed by atoms with Gasteiger partial charge in [-0.05, 0) is 12.8 Å². The minimum atomic E-state index is 0.448. The molecule has 3 heterocycles. The largest absolute Gasteiger partial charge is 0.377 e. The maximum atomic E-state index is 5.81. The average Bonchev–Trinajstić information content (AvgIpc) is 2.85. The fourth-order valence-electron chi connectivity index (χ4n) is 2.54. The highest BCUT2D eigenvalue weighted by Gasteiger charge is 2.33. The van der Waals surface area contributed by atoms with Gasteiger partial charge in [0.15, 0.2) is 0 Å². The van der Waals surface area contributed by atoms with Gasteiger partial charge in [-0.1, -0.05) is 4.49 Å². The van der Waals surface area contributed by atoms with Gasteiger partial charge in [0.05, 0.1) is 12.2 Å². The van der Waals surface area contributed by atoms with Gasteiger partial charge < -0.3 is 10.1 Å². The van der Waals surface area contributed by atoms with E-state index in [-0.39, 0.29) is 0 Å². The van der Waals surface area contributed by atoms with Gasteiger partial charge in [-0.15, -0.1) is 5.10 Å². The van der Waals surface area contributed by atoms with Crippen LogP contribution in [-0.4, -0.2) is 46.8 Å². The van der Waals surface area contributed by atoms with Crippen molar-refractivity contribution in [2.75, 3.05) is 25.5 Å². The van der Waals surface area contributed by atoms with Crippen molar-refractivity contribution in [2.45, 2.75) is 31.6 Å². The number of likely N-dealkylation sites (tertiary alicyclic amines) is 1. The topological polar surface area (TPSA) is 50.3 Å². The number of anilines is 1. The first-order valence-electron chi connectivity index (χ1n) is 5.72. The molecule has 16 heavy (non-hydrogen) atoms. The molecule has 3 rings (SSSR count). The highest BCUT2D eigenvalue weighted by atomic mass is 32.1. The number of rotatable bonds is 3. The van der Waals surface area contributed by atoms with Crippen LogP contribution >= 0.6 is 11.5 Å². The van der Waals surface area contributed by atoms with E-state index in [4.69, 9.17) is 4.74 Å². The molecule has 2 aliphatic heterocycles. The standard InChI is InChI=1S/C10H16N4OS/c1-11-10-9(12-13-16-10)6-14-4-7-2-3-8(5-14)15-7/h7-8,11H,2-6H2,1H3. The van der Waals surface area contributed by atoms with Gasteiger partial charge in [0, 0.05) is 38.2 Å². The molecule has 0 aliphatic carbocycles. The molecule has 2 bridgehead atoms. The molecule has 1 aromatic rings. The third-order valence-electron chi connectivity index (χ3n) is 3.28. The third kappa shape index (κ3) is 1.92. The summed E-state index contributed by atoms with van der Waals surface area (Å²) in [5.74, 6) is 0. The van der Waals surface area contributed by atoms with E-state index in [0.29, 0.717) is 12.2 Å². The number of ether oxygens (including phenoxy) is 1. The van der Waals surface area contributed by atoms with Gasteiger partial charge >= 0.3 is 0 Å². The summed E-state index contributed by atoms with van der Waals surface area (Å²) < 4.78 is 9.80. The van der Waals surface area contributed by atoms with Crippen molar-refractivity contribution in [1.82, 2.24) is 14.5 Å². The highest BCUT2D eigenvalue weighted by molar-refractivity contribution is 7.10. The van der Waals surface area contributed by atoms with Gasteiger partial charge in [-0.25, -0.2) is 0 Å². The van der Waals surface area contributed by atoms with E-state index in [1.54, 1.807) is 0 Å². The Morgan fingerprint density at radius 3 is 2.88 bits per heavy atom. The molecule has 0 amide bonds. The summed E-state index contributed by atoms with van der Waals surface area (Å²) in [4.78, 5) is 2.43. The fraction of sp³-hybridized carbons (Fsp3) is 0.800. The SMILES string of the molecule is CNc1snnc1CN1CC2CCC(C1)O2. The van der Waals surface area contributed by atoms with Crippen LogP contribution in [0.2, 0.25) is 0 Å². The van der Waals surface area contributed by atoms with Crippen molar-refractivity contribution in [3.63, 3.8) is 0 Å². The van der Waals surface area contributed by atoms with E-state index in [1.807, 2.05) is 7.05 Å². The molecular formula is C10H16N4OS. The van der Waals surface area contributed by atoms with Crippen LogP contribution in [0.1, 0.15) is 18.5 Å². The predicted octanol–water partition coefficient (Wildman–Crippen LogP) is 0.943. The number of hydrogen-bond donors (Lipinski definition) is 1. The van der Waals surface area contributed by atoms with E-state index in [9.17, 15) is 0 Å². The number of morpholine rings is 1. The lowest BCUT2D eigenvalue weighted by atomic mass is 10.2. The van der Waals surface area contributed by atoms with E-state index >= 15 is 0 Å². The van der Waals surface area contributed by atoms with Crippen molar-refractivity contribution in [3.8, 4) is 0 Å². The summed E-state index contributed by atoms with van der Waals surface area (Å²) in [5.41, 5.74) is 1.06. The Hall–Kier alpha value is -0.720. The van der Waals surface area contributed by atoms with Crippen LogP contribution in [0.25, 0.3) is 0 Å². The minimum Gasteiger partial charge on any atom is -0.377 e. The molecule has 0 aromatic carbocycles. The van der Waals surface area contributed by atoms with Gasteiger partial charge in [0.25, 0.3) is 0 Å². The second-order valence-corrected chi connectivity index (χ2v) is 5.20. The van der Waals surface area contributed by atoms with Crippen molar-refractivity contribution in [3.05, 3.63) is 5.69 Å². The molecule has 2 atom stereocenters. The van der Waals surface area contributed by atoms with Gasteiger partial charge in [-0.3, -0.25) is 4.90 Å². The number of nitrogens with one attached hydrogen (secondary N) is 1. The minimum absolute atomic E-state index is 0.448. The number of nitrogens with zero attached hydrogens (tertiary/aromatic N) is 3. The van der Waals surface area contributed by atoms with E-state index in [2.05, 4.69) is 19.8 Å². The first-order chi connectivity index (χ1) is 7.85. The molecule has 2 unspecified atom stereocenters. The van der Waals surface area contributed by atoms with Crippen LogP contribution in [0, 0.1) is 0 Å². The molecule has 1 aromatic heterocycles. The monoisotopic (exact) mass is 240 g/mol. The molecule has 6 heteroatoms. The maximum Gasteiger partial charge on any atom is 0.134 e. The van der Waals surface area contributed by atoms with Gasteiger partial charge in [-0.2, -0.15) is 0 Å². The van der Waals surface area contributed by atoms with Crippen LogP contribution in [0.5, 0.6) is 0 Å². The molecule has 2 fully saturated rings. The molecule has 0 saturated carbocycles. The van der Waals surface area contributed by atoms with Gasteiger partial charge in [0.1, 0.15) is 10.7 Å². The van der Waals surface area contributed by atoms with Crippen LogP contribution < -0.4 is 5.32 Å². The average molecular weight is 240 g/mol. The molecule has 1 N–H and O–H groups in total. The summed E-state index contributed by atoms with van der Waals surface area (Å²) in [5, 5.41) is 8.40. The zero-order valence-electron chi connectivity index (χ0n) is 9.35. The van der Waals surface area contributed by atoms with Crippen LogP contribution in [0.15, 0.2) is 0 Å². The third-order valence-corrected chi connectivity index (χ3v) is 4.06. The van der Waals surface area contributed by atoms with Gasteiger partial charge in [0.2, 0.25) is 0 Å². The Balaban J connectivity index is 1.66. The lowest BCUT2D eigenvalue weighted by molar-refractivity contribution is -0.0413.